The molecule has 0 radical (unpaired) electrons. The van der Waals surface area contributed by atoms with Crippen molar-refractivity contribution in [1.29, 1.82) is 0 Å². The minimum Gasteiger partial charge on any atom is -0.466 e. The van der Waals surface area contributed by atoms with Crippen LogP contribution in [0.4, 0.5) is 11.4 Å². The lowest BCUT2D eigenvalue weighted by atomic mass is 10.3. The zero-order chi connectivity index (χ0) is 13.5. The summed E-state index contributed by atoms with van der Waals surface area (Å²) < 4.78 is 4.33. The van der Waals surface area contributed by atoms with Gasteiger partial charge in [0.1, 0.15) is 0 Å². The first kappa shape index (κ1) is 13.7. The van der Waals surface area contributed by atoms with E-state index in [2.05, 4.69) is 10.1 Å². The molecule has 0 atom stereocenters. The average molecular weight is 252 g/mol. The van der Waals surface area contributed by atoms with E-state index in [1.54, 1.807) is 0 Å². The summed E-state index contributed by atoms with van der Waals surface area (Å²) in [4.78, 5) is 22.1. The predicted octanol–water partition coefficient (Wildman–Crippen LogP) is 0.939. The lowest BCUT2D eigenvalue weighted by Crippen LogP contribution is -2.12. The van der Waals surface area contributed by atoms with Crippen LogP contribution in [-0.2, 0) is 14.3 Å². The van der Waals surface area contributed by atoms with E-state index in [4.69, 9.17) is 10.4 Å². The van der Waals surface area contributed by atoms with Crippen LogP contribution in [0.3, 0.4) is 0 Å². The number of nitrogens with one attached hydrogen (secondary N) is 1. The highest BCUT2D eigenvalue weighted by molar-refractivity contribution is 6.02. The normalized spacial score (nSPS) is 10.2. The Labute approximate surface area is 103 Å². The Hall–Kier alpha value is -2.38. The maximum absolute atomic E-state index is 11.3. The van der Waals surface area contributed by atoms with Crippen molar-refractivity contribution >= 4 is 23.3 Å². The van der Waals surface area contributed by atoms with E-state index < -0.39 is 11.9 Å². The number of carbonyl (C=O) groups excluding carboxylic acids is 2. The molecule has 0 aliphatic rings. The molecule has 3 N–H and O–H groups in total. The molecule has 0 bridgehead atoms. The molecule has 96 valence electrons. The minimum absolute atomic E-state index is 0.0389. The van der Waals surface area contributed by atoms with E-state index in [9.17, 15) is 9.59 Å². The van der Waals surface area contributed by atoms with Gasteiger partial charge < -0.3 is 10.1 Å². The monoisotopic (exact) mass is 252 g/mol. The second kappa shape index (κ2) is 6.38. The van der Waals surface area contributed by atoms with Gasteiger partial charge in [0.15, 0.2) is 0 Å². The van der Waals surface area contributed by atoms with E-state index >= 15 is 0 Å². The summed E-state index contributed by atoms with van der Waals surface area (Å²) in [7, 11) is 1.21. The van der Waals surface area contributed by atoms with Crippen molar-refractivity contribution in [3.8, 4) is 0 Å². The van der Waals surface area contributed by atoms with Gasteiger partial charge in [0.25, 0.3) is 0 Å². The van der Waals surface area contributed by atoms with Crippen molar-refractivity contribution in [3.63, 3.8) is 0 Å². The van der Waals surface area contributed by atoms with Crippen LogP contribution in [0, 0.1) is 0 Å². The van der Waals surface area contributed by atoms with Crippen LogP contribution in [0.2, 0.25) is 0 Å². The van der Waals surface area contributed by atoms with Crippen molar-refractivity contribution < 1.29 is 24.7 Å². The number of anilines is 2. The standard InChI is InChI=1S/C11H12N2O5/c1-18-11(15)7-6-10(14)12-8-2-4-9(5-3-8)13(16)17/h2-7,16-17H,1H3,(H,12,14)/b7-6-. The number of carbonyl (C=O) groups is 2. The molecule has 1 aromatic carbocycles. The molecule has 0 aliphatic carbocycles. The molecule has 0 saturated heterocycles. The summed E-state index contributed by atoms with van der Waals surface area (Å²) in [5, 5.41) is 19.8. The number of hydrogen-bond acceptors (Lipinski definition) is 6. The summed E-state index contributed by atoms with van der Waals surface area (Å²) in [6, 6.07) is 5.72. The highest BCUT2D eigenvalue weighted by Crippen LogP contribution is 2.15. The minimum atomic E-state index is -0.628. The highest BCUT2D eigenvalue weighted by Gasteiger charge is 2.01. The summed E-state index contributed by atoms with van der Waals surface area (Å²) in [5.41, 5.74) is 0.596. The molecule has 0 saturated carbocycles. The molecule has 1 aromatic rings. The van der Waals surface area contributed by atoms with Gasteiger partial charge in [-0.1, -0.05) is 0 Å². The maximum Gasteiger partial charge on any atom is 0.330 e. The predicted molar refractivity (Wildman–Crippen MR) is 62.3 cm³/mol. The van der Waals surface area contributed by atoms with Gasteiger partial charge in [-0.05, 0) is 24.3 Å². The Morgan fingerprint density at radius 2 is 1.83 bits per heavy atom. The molecular weight excluding hydrogens is 240 g/mol. The van der Waals surface area contributed by atoms with Gasteiger partial charge in [-0.15, -0.1) is 5.23 Å². The van der Waals surface area contributed by atoms with Crippen LogP contribution in [0.15, 0.2) is 36.4 Å². The molecule has 0 unspecified atom stereocenters. The van der Waals surface area contributed by atoms with Gasteiger partial charge in [0.2, 0.25) is 5.91 Å². The summed E-state index contributed by atoms with van der Waals surface area (Å²) >= 11 is 0. The zero-order valence-electron chi connectivity index (χ0n) is 9.53. The highest BCUT2D eigenvalue weighted by atomic mass is 16.8. The third-order valence-corrected chi connectivity index (χ3v) is 1.94. The Kier molecular flexibility index (Phi) is 4.85. The van der Waals surface area contributed by atoms with Gasteiger partial charge in [0.05, 0.1) is 12.8 Å². The second-order valence-electron chi connectivity index (χ2n) is 3.18. The number of methoxy groups -OCH3 is 1. The second-order valence-corrected chi connectivity index (χ2v) is 3.18. The quantitative estimate of drug-likeness (QED) is 0.419. The van der Waals surface area contributed by atoms with Gasteiger partial charge >= 0.3 is 5.97 Å². The van der Waals surface area contributed by atoms with E-state index in [1.165, 1.54) is 31.4 Å². The molecule has 0 heterocycles. The Balaban J connectivity index is 2.60. The summed E-state index contributed by atoms with van der Waals surface area (Å²) in [5.74, 6) is -1.13. The number of amides is 1. The number of nitrogens with zero attached hydrogens (tertiary/aromatic N) is 1. The van der Waals surface area contributed by atoms with E-state index in [0.29, 0.717) is 5.69 Å². The lowest BCUT2D eigenvalue weighted by Gasteiger charge is -2.08. The van der Waals surface area contributed by atoms with Crippen LogP contribution >= 0.6 is 0 Å². The molecule has 1 rings (SSSR count). The van der Waals surface area contributed by atoms with Crippen molar-refractivity contribution in [2.24, 2.45) is 0 Å². The first-order chi connectivity index (χ1) is 8.52. The third-order valence-electron chi connectivity index (χ3n) is 1.94. The average Bonchev–Trinajstić information content (AvgIpc) is 2.36. The fourth-order valence-electron chi connectivity index (χ4n) is 1.07. The molecule has 0 fully saturated rings. The van der Waals surface area contributed by atoms with E-state index in [-0.39, 0.29) is 10.9 Å². The number of ether oxygens (including phenoxy) is 1. The molecular formula is C11H12N2O5. The van der Waals surface area contributed by atoms with Crippen molar-refractivity contribution in [2.75, 3.05) is 17.7 Å². The molecule has 0 aliphatic heterocycles. The Morgan fingerprint density at radius 1 is 1.22 bits per heavy atom. The molecule has 7 heteroatoms. The van der Waals surface area contributed by atoms with Crippen LogP contribution < -0.4 is 10.5 Å². The van der Waals surface area contributed by atoms with E-state index in [0.717, 1.165) is 12.2 Å². The first-order valence-corrected chi connectivity index (χ1v) is 4.88. The fraction of sp³-hybridized carbons (Fsp3) is 0.0909. The van der Waals surface area contributed by atoms with Gasteiger partial charge in [-0.25, -0.2) is 4.79 Å². The van der Waals surface area contributed by atoms with Crippen molar-refractivity contribution in [3.05, 3.63) is 36.4 Å². The SMILES string of the molecule is COC(=O)/C=C\C(=O)Nc1ccc(N(O)O)cc1. The Morgan fingerprint density at radius 3 is 2.33 bits per heavy atom. The summed E-state index contributed by atoms with van der Waals surface area (Å²) in [6.45, 7) is 0. The molecule has 1 amide bonds. The number of esters is 1. The molecule has 0 spiro atoms. The zero-order valence-corrected chi connectivity index (χ0v) is 9.53. The number of benzene rings is 1. The lowest BCUT2D eigenvalue weighted by molar-refractivity contribution is -0.135. The maximum atomic E-state index is 11.3. The molecule has 0 aromatic heterocycles. The van der Waals surface area contributed by atoms with Gasteiger partial charge in [-0.2, -0.15) is 0 Å². The smallest absolute Gasteiger partial charge is 0.330 e. The molecule has 7 nitrogen and oxygen atoms in total. The van der Waals surface area contributed by atoms with Crippen LogP contribution in [0.1, 0.15) is 0 Å². The largest absolute Gasteiger partial charge is 0.466 e. The third kappa shape index (κ3) is 4.24. The number of rotatable bonds is 4. The Bertz CT molecular complexity index is 453. The van der Waals surface area contributed by atoms with Crippen LogP contribution in [-0.4, -0.2) is 29.4 Å². The topological polar surface area (TPSA) is 99.1 Å². The van der Waals surface area contributed by atoms with Crippen molar-refractivity contribution in [2.45, 2.75) is 0 Å². The fourth-order valence-corrected chi connectivity index (χ4v) is 1.07. The first-order valence-electron chi connectivity index (χ1n) is 4.88. The van der Waals surface area contributed by atoms with Crippen LogP contribution in [0.25, 0.3) is 0 Å². The van der Waals surface area contributed by atoms with Crippen molar-refractivity contribution in [1.82, 2.24) is 0 Å². The number of hydrogen-bond donors (Lipinski definition) is 3. The summed E-state index contributed by atoms with van der Waals surface area (Å²) in [6.07, 6.45) is 2.02. The molecule has 18 heavy (non-hydrogen) atoms. The van der Waals surface area contributed by atoms with Gasteiger partial charge in [-0.3, -0.25) is 15.2 Å². The van der Waals surface area contributed by atoms with E-state index in [1.807, 2.05) is 0 Å². The van der Waals surface area contributed by atoms with Gasteiger partial charge in [0, 0.05) is 17.8 Å². The van der Waals surface area contributed by atoms with Crippen LogP contribution in [0.5, 0.6) is 0 Å².